The van der Waals surface area contributed by atoms with Gasteiger partial charge in [0.25, 0.3) is 0 Å². The van der Waals surface area contributed by atoms with Crippen molar-refractivity contribution >= 4 is 12.7 Å². The lowest BCUT2D eigenvalue weighted by atomic mass is 9.70. The van der Waals surface area contributed by atoms with Crippen LogP contribution in [-0.4, -0.2) is 67.0 Å². The molecule has 1 atom stereocenters. The topological polar surface area (TPSA) is 174 Å². The Labute approximate surface area is 172 Å². The first-order valence-electron chi connectivity index (χ1n) is 9.68. The van der Waals surface area contributed by atoms with Crippen LogP contribution in [0.3, 0.4) is 0 Å². The second-order valence-corrected chi connectivity index (χ2v) is 7.74. The van der Waals surface area contributed by atoms with Gasteiger partial charge in [0.15, 0.2) is 6.29 Å². The van der Waals surface area contributed by atoms with Crippen molar-refractivity contribution in [3.05, 3.63) is 41.0 Å². The largest absolute Gasteiger partial charge is 0.670 e. The number of hydrogen-bond acceptors (Lipinski definition) is 9. The summed E-state index contributed by atoms with van der Waals surface area (Å²) in [6.07, 6.45) is -0.461. The van der Waals surface area contributed by atoms with E-state index in [1.54, 1.807) is 19.1 Å². The fourth-order valence-corrected chi connectivity index (χ4v) is 3.70. The molecule has 0 aliphatic carbocycles. The number of likely N-dealkylation sites (tertiary alicyclic amines) is 1. The number of nitrogens with one attached hydrogen (secondary N) is 1. The van der Waals surface area contributed by atoms with Crippen LogP contribution < -0.4 is 15.1 Å². The number of aromatic nitrogens is 2. The monoisotopic (exact) mass is 419 g/mol. The Balaban J connectivity index is 1.44. The van der Waals surface area contributed by atoms with Gasteiger partial charge in [-0.05, 0) is 25.0 Å². The Kier molecular flexibility index (Phi) is 5.20. The Bertz CT molecular complexity index is 958. The van der Waals surface area contributed by atoms with Crippen molar-refractivity contribution in [1.82, 2.24) is 14.9 Å². The van der Waals surface area contributed by atoms with E-state index in [1.807, 2.05) is 0 Å². The Morgan fingerprint density at radius 3 is 2.77 bits per heavy atom. The molecule has 1 aromatic carbocycles. The van der Waals surface area contributed by atoms with Crippen LogP contribution in [0.2, 0.25) is 6.32 Å². The van der Waals surface area contributed by atoms with Gasteiger partial charge in [-0.15, -0.1) is 0 Å². The zero-order chi connectivity index (χ0) is 21.6. The number of imidazole rings is 1. The molecule has 162 valence electrons. The molecule has 2 aliphatic heterocycles. The number of aliphatic hydroxyl groups is 2. The summed E-state index contributed by atoms with van der Waals surface area (Å²) in [6, 6.07) is 2.40. The first-order valence-corrected chi connectivity index (χ1v) is 9.68. The highest BCUT2D eigenvalue weighted by atomic mass is 16.6. The summed E-state index contributed by atoms with van der Waals surface area (Å²) in [7, 11) is 0. The molecule has 1 unspecified atom stereocenters. The third-order valence-electron chi connectivity index (χ3n) is 5.37. The number of aryl methyl sites for hydroxylation is 2. The Morgan fingerprint density at radius 1 is 1.40 bits per heavy atom. The minimum atomic E-state index is -3.07. The van der Waals surface area contributed by atoms with Gasteiger partial charge in [-0.25, -0.2) is 4.98 Å². The molecule has 4 rings (SSSR count). The van der Waals surface area contributed by atoms with E-state index in [2.05, 4.69) is 9.97 Å². The number of rotatable bonds is 5. The van der Waals surface area contributed by atoms with Gasteiger partial charge in [0, 0.05) is 0 Å². The maximum absolute atomic E-state index is 12.5. The number of amides is 1. The summed E-state index contributed by atoms with van der Waals surface area (Å²) in [6.45, 7) is -0.763. The van der Waals surface area contributed by atoms with Crippen molar-refractivity contribution in [2.45, 2.75) is 38.1 Å². The Morgan fingerprint density at radius 2 is 2.13 bits per heavy atom. The number of carbonyl (C=O) groups is 1. The minimum Gasteiger partial charge on any atom is -0.670 e. The molecule has 1 amide bonds. The smallest absolute Gasteiger partial charge is 0.430 e. The lowest BCUT2D eigenvalue weighted by molar-refractivity contribution is -0.141. The van der Waals surface area contributed by atoms with E-state index < -0.39 is 19.1 Å². The quantitative estimate of drug-likeness (QED) is 0.258. The maximum atomic E-state index is 12.5. The van der Waals surface area contributed by atoms with E-state index in [4.69, 9.17) is 15.1 Å². The second kappa shape index (κ2) is 7.56. The number of hydrogen-bond donors (Lipinski definition) is 6. The minimum absolute atomic E-state index is 0.00245. The van der Waals surface area contributed by atoms with Crippen LogP contribution in [0.1, 0.15) is 35.0 Å². The molecule has 3 heterocycles. The van der Waals surface area contributed by atoms with Gasteiger partial charge in [-0.1, -0.05) is 12.4 Å². The summed E-state index contributed by atoms with van der Waals surface area (Å²) in [5, 5.41) is 39.3. The van der Waals surface area contributed by atoms with Gasteiger partial charge in [-0.2, -0.15) is 0 Å². The number of H-pyrrole nitrogens is 1. The number of carbonyl (C=O) groups excluding carboxylic acids is 1. The normalized spacial score (nSPS) is 19.1. The lowest BCUT2D eigenvalue weighted by Gasteiger charge is -2.41. The second-order valence-electron chi connectivity index (χ2n) is 7.74. The zero-order valence-corrected chi connectivity index (χ0v) is 16.4. The fraction of sp³-hybridized carbons (Fsp3) is 0.444. The summed E-state index contributed by atoms with van der Waals surface area (Å²) < 4.78 is 11.0. The molecule has 2 aliphatic rings. The number of nitrogens with two attached hydrogens (primary N) is 1. The van der Waals surface area contributed by atoms with E-state index in [-0.39, 0.29) is 48.5 Å². The number of ether oxygens (including phenoxy) is 1. The molecule has 11 nitrogen and oxygen atoms in total. The summed E-state index contributed by atoms with van der Waals surface area (Å²) in [4.78, 5) is 21.0. The van der Waals surface area contributed by atoms with E-state index in [0.717, 1.165) is 0 Å². The van der Waals surface area contributed by atoms with Crippen LogP contribution in [0.4, 0.5) is 0 Å². The van der Waals surface area contributed by atoms with Crippen molar-refractivity contribution in [1.29, 1.82) is 0 Å². The predicted molar refractivity (Wildman–Crippen MR) is 104 cm³/mol. The van der Waals surface area contributed by atoms with Gasteiger partial charge in [0.05, 0.1) is 36.3 Å². The van der Waals surface area contributed by atoms with Gasteiger partial charge >= 0.3 is 6.75 Å². The average molecular weight is 419 g/mol. The van der Waals surface area contributed by atoms with Crippen molar-refractivity contribution < 1.29 is 34.4 Å². The van der Waals surface area contributed by atoms with Crippen LogP contribution in [0, 0.1) is 6.92 Å². The molecule has 1 saturated heterocycles. The highest BCUT2D eigenvalue weighted by Crippen LogP contribution is 2.41. The molecular weight excluding hydrogens is 395 g/mol. The van der Waals surface area contributed by atoms with Crippen molar-refractivity contribution in [3.63, 3.8) is 0 Å². The number of benzene rings is 1. The first-order chi connectivity index (χ1) is 14.1. The van der Waals surface area contributed by atoms with Crippen molar-refractivity contribution in [2.75, 3.05) is 13.1 Å². The zero-order valence-electron chi connectivity index (χ0n) is 16.4. The molecule has 1 fully saturated rings. The van der Waals surface area contributed by atoms with Gasteiger partial charge in [0.2, 0.25) is 5.91 Å². The van der Waals surface area contributed by atoms with Crippen LogP contribution >= 0.6 is 0 Å². The molecular formula is C18H24BN4O7-. The van der Waals surface area contributed by atoms with Crippen LogP contribution in [0.25, 0.3) is 0 Å². The molecule has 2 aromatic rings. The van der Waals surface area contributed by atoms with Crippen LogP contribution in [0.5, 0.6) is 11.5 Å². The highest BCUT2D eigenvalue weighted by molar-refractivity contribution is 6.58. The number of aliphatic hydroxyl groups excluding tert-OH is 1. The highest BCUT2D eigenvalue weighted by Gasteiger charge is 2.37. The summed E-state index contributed by atoms with van der Waals surface area (Å²) in [5.41, 5.74) is 7.07. The fourth-order valence-electron chi connectivity index (χ4n) is 3.70. The molecule has 0 bridgehead atoms. The molecule has 30 heavy (non-hydrogen) atoms. The predicted octanol–water partition coefficient (Wildman–Crippen LogP) is -1.15. The SMILES string of the molecule is Cc1ncc(C(N)C(=O)N2CC(Oc3ccc4c(c3C(O)O)O[B-](O)(O)CC4)C2)[nH]1. The van der Waals surface area contributed by atoms with E-state index in [0.29, 0.717) is 23.5 Å². The number of fused-ring (bicyclic) bond motifs is 1. The lowest BCUT2D eigenvalue weighted by Crippen LogP contribution is -2.58. The van der Waals surface area contributed by atoms with Crippen LogP contribution in [0.15, 0.2) is 18.3 Å². The number of nitrogens with zero attached hydrogens (tertiary/aromatic N) is 2. The van der Waals surface area contributed by atoms with E-state index >= 15 is 0 Å². The van der Waals surface area contributed by atoms with Gasteiger partial charge in [-0.3, -0.25) is 4.79 Å². The van der Waals surface area contributed by atoms with E-state index in [9.17, 15) is 25.1 Å². The molecule has 0 spiro atoms. The maximum Gasteiger partial charge on any atom is 0.430 e. The molecule has 0 saturated carbocycles. The van der Waals surface area contributed by atoms with Gasteiger partial charge in [0.1, 0.15) is 23.7 Å². The molecule has 1 aromatic heterocycles. The molecule has 12 heteroatoms. The van der Waals surface area contributed by atoms with Crippen LogP contribution in [-0.2, 0) is 11.2 Å². The Hall–Kier alpha value is -2.64. The number of aromatic amines is 1. The molecule has 0 radical (unpaired) electrons. The average Bonchev–Trinajstić information content (AvgIpc) is 3.08. The van der Waals surface area contributed by atoms with Gasteiger partial charge < -0.3 is 45.3 Å². The van der Waals surface area contributed by atoms with E-state index in [1.165, 1.54) is 11.1 Å². The third-order valence-corrected chi connectivity index (χ3v) is 5.37. The van der Waals surface area contributed by atoms with Crippen molar-refractivity contribution in [3.8, 4) is 11.5 Å². The molecule has 7 N–H and O–H groups in total. The van der Waals surface area contributed by atoms with Crippen molar-refractivity contribution in [2.24, 2.45) is 5.73 Å². The summed E-state index contributed by atoms with van der Waals surface area (Å²) in [5.74, 6) is 0.534. The summed E-state index contributed by atoms with van der Waals surface area (Å²) >= 11 is 0. The third kappa shape index (κ3) is 3.87. The first kappa shape index (κ1) is 20.6. The standard InChI is InChI=1S/C18H24BN4O7/c1-9-21-6-12(22-9)15(20)17(24)23-7-11(8-23)29-13-3-2-10-4-5-19(27,28)30-16(10)14(13)18(25)26/h2-3,6,11,15,18,25-28H,4-5,7-8,20H2,1H3,(H,21,22)/q-1.